The van der Waals surface area contributed by atoms with E-state index in [1.165, 1.54) is 19.3 Å². The van der Waals surface area contributed by atoms with E-state index in [9.17, 15) is 9.59 Å². The van der Waals surface area contributed by atoms with Crippen LogP contribution in [-0.2, 0) is 14.3 Å². The summed E-state index contributed by atoms with van der Waals surface area (Å²) in [6, 6.07) is -0.281. The molecule has 1 saturated carbocycles. The molecule has 0 aromatic heterocycles. The topological polar surface area (TPSA) is 58.6 Å². The van der Waals surface area contributed by atoms with E-state index >= 15 is 0 Å². The van der Waals surface area contributed by atoms with Gasteiger partial charge in [0, 0.05) is 13.2 Å². The van der Waals surface area contributed by atoms with Crippen LogP contribution in [0.4, 0.5) is 0 Å². The molecule has 0 aromatic carbocycles. The summed E-state index contributed by atoms with van der Waals surface area (Å²) in [5, 5.41) is 2.93. The maximum absolute atomic E-state index is 12.6. The van der Waals surface area contributed by atoms with Crippen LogP contribution in [0.15, 0.2) is 0 Å². The molecule has 1 aliphatic carbocycles. The lowest BCUT2D eigenvalue weighted by Gasteiger charge is -2.38. The van der Waals surface area contributed by atoms with Gasteiger partial charge in [-0.05, 0) is 38.0 Å². The fraction of sp³-hybridized carbons (Fsp3) is 0.875. The third-order valence-electron chi connectivity index (χ3n) is 5.09. The first-order chi connectivity index (χ1) is 10.2. The second-order valence-electron chi connectivity index (χ2n) is 6.63. The molecule has 2 unspecified atom stereocenters. The molecule has 1 N–H and O–H groups in total. The normalized spacial score (nSPS) is 31.5. The first-order valence-electron chi connectivity index (χ1n) is 8.44. The molecule has 3 aliphatic rings. The fourth-order valence-corrected chi connectivity index (χ4v) is 3.88. The predicted molar refractivity (Wildman–Crippen MR) is 78.7 cm³/mol. The van der Waals surface area contributed by atoms with Crippen molar-refractivity contribution in [3.05, 3.63) is 0 Å². The summed E-state index contributed by atoms with van der Waals surface area (Å²) in [6.07, 6.45) is 9.08. The highest BCUT2D eigenvalue weighted by Crippen LogP contribution is 2.28. The number of nitrogens with zero attached hydrogens (tertiary/aromatic N) is 1. The van der Waals surface area contributed by atoms with Gasteiger partial charge in [0.2, 0.25) is 11.8 Å². The van der Waals surface area contributed by atoms with Crippen LogP contribution in [-0.4, -0.2) is 48.6 Å². The van der Waals surface area contributed by atoms with Crippen molar-refractivity contribution in [2.75, 3.05) is 19.7 Å². The smallest absolute Gasteiger partial charge is 0.245 e. The zero-order valence-corrected chi connectivity index (χ0v) is 12.7. The molecule has 118 valence electrons. The van der Waals surface area contributed by atoms with E-state index in [2.05, 4.69) is 5.32 Å². The lowest BCUT2D eigenvalue weighted by atomic mass is 9.82. The number of carbonyl (C=O) groups excluding carboxylic acids is 2. The number of rotatable bonds is 4. The Bertz CT molecular complexity index is 387. The summed E-state index contributed by atoms with van der Waals surface area (Å²) >= 11 is 0. The van der Waals surface area contributed by atoms with Gasteiger partial charge in [0.25, 0.3) is 0 Å². The van der Waals surface area contributed by atoms with Crippen molar-refractivity contribution in [3.8, 4) is 0 Å². The lowest BCUT2D eigenvalue weighted by molar-refractivity contribution is -0.146. The molecule has 21 heavy (non-hydrogen) atoms. The number of nitrogens with one attached hydrogen (secondary N) is 1. The second-order valence-corrected chi connectivity index (χ2v) is 6.63. The number of hydrogen-bond donors (Lipinski definition) is 1. The average molecular weight is 294 g/mol. The summed E-state index contributed by atoms with van der Waals surface area (Å²) < 4.78 is 5.61. The quantitative estimate of drug-likeness (QED) is 0.854. The van der Waals surface area contributed by atoms with E-state index < -0.39 is 0 Å². The zero-order valence-electron chi connectivity index (χ0n) is 12.7. The summed E-state index contributed by atoms with van der Waals surface area (Å²) in [5.74, 6) is 0.456. The van der Waals surface area contributed by atoms with Gasteiger partial charge in [-0.25, -0.2) is 0 Å². The molecule has 5 heteroatoms. The zero-order chi connectivity index (χ0) is 14.7. The summed E-state index contributed by atoms with van der Waals surface area (Å²) in [4.78, 5) is 26.3. The van der Waals surface area contributed by atoms with E-state index in [1.54, 1.807) is 4.90 Å². The van der Waals surface area contributed by atoms with E-state index in [4.69, 9.17) is 4.74 Å². The average Bonchev–Trinajstić information content (AvgIpc) is 3.02. The molecule has 5 nitrogen and oxygen atoms in total. The first-order valence-corrected chi connectivity index (χ1v) is 8.44. The van der Waals surface area contributed by atoms with Gasteiger partial charge in [0.05, 0.1) is 12.6 Å². The van der Waals surface area contributed by atoms with E-state index in [1.807, 2.05) is 0 Å². The molecule has 2 atom stereocenters. The van der Waals surface area contributed by atoms with Crippen molar-refractivity contribution in [1.29, 1.82) is 0 Å². The van der Waals surface area contributed by atoms with Gasteiger partial charge in [-0.1, -0.05) is 19.3 Å². The van der Waals surface area contributed by atoms with Crippen molar-refractivity contribution >= 4 is 11.8 Å². The number of piperazine rings is 1. The minimum Gasteiger partial charge on any atom is -0.378 e. The minimum atomic E-state index is -0.281. The van der Waals surface area contributed by atoms with Crippen molar-refractivity contribution in [1.82, 2.24) is 10.2 Å². The highest BCUT2D eigenvalue weighted by molar-refractivity contribution is 5.95. The molecule has 3 rings (SSSR count). The van der Waals surface area contributed by atoms with Gasteiger partial charge in [0.15, 0.2) is 0 Å². The van der Waals surface area contributed by atoms with E-state index in [0.717, 1.165) is 38.7 Å². The summed E-state index contributed by atoms with van der Waals surface area (Å²) in [5.41, 5.74) is 0. The molecular formula is C16H26N2O3. The Morgan fingerprint density at radius 3 is 2.62 bits per heavy atom. The van der Waals surface area contributed by atoms with Gasteiger partial charge in [-0.3, -0.25) is 9.59 Å². The second kappa shape index (κ2) is 6.77. The monoisotopic (exact) mass is 294 g/mol. The van der Waals surface area contributed by atoms with E-state index in [0.29, 0.717) is 12.5 Å². The molecule has 2 amide bonds. The van der Waals surface area contributed by atoms with Crippen molar-refractivity contribution in [2.45, 2.75) is 63.5 Å². The summed E-state index contributed by atoms with van der Waals surface area (Å²) in [6.45, 7) is 1.71. The molecule has 0 aromatic rings. The Hall–Kier alpha value is -1.10. The molecule has 0 bridgehead atoms. The Labute approximate surface area is 126 Å². The van der Waals surface area contributed by atoms with Crippen LogP contribution in [0.25, 0.3) is 0 Å². The third-order valence-corrected chi connectivity index (χ3v) is 5.09. The van der Waals surface area contributed by atoms with Crippen LogP contribution in [0.2, 0.25) is 0 Å². The molecule has 3 fully saturated rings. The van der Waals surface area contributed by atoms with Crippen LogP contribution in [0.3, 0.4) is 0 Å². The number of hydrogen-bond acceptors (Lipinski definition) is 3. The predicted octanol–water partition coefficient (Wildman–Crippen LogP) is 1.46. The lowest BCUT2D eigenvalue weighted by Crippen LogP contribution is -2.60. The van der Waals surface area contributed by atoms with Crippen molar-refractivity contribution < 1.29 is 14.3 Å². The Morgan fingerprint density at radius 1 is 1.10 bits per heavy atom. The minimum absolute atomic E-state index is 0.00230. The Morgan fingerprint density at radius 2 is 1.90 bits per heavy atom. The van der Waals surface area contributed by atoms with Crippen LogP contribution in [0, 0.1) is 5.92 Å². The highest BCUT2D eigenvalue weighted by Gasteiger charge is 2.38. The van der Waals surface area contributed by atoms with Crippen LogP contribution < -0.4 is 5.32 Å². The molecule has 0 spiro atoms. The highest BCUT2D eigenvalue weighted by atomic mass is 16.5. The molecular weight excluding hydrogens is 268 g/mol. The van der Waals surface area contributed by atoms with Crippen molar-refractivity contribution in [3.63, 3.8) is 0 Å². The Kier molecular flexibility index (Phi) is 4.78. The van der Waals surface area contributed by atoms with Crippen LogP contribution >= 0.6 is 0 Å². The fourth-order valence-electron chi connectivity index (χ4n) is 3.88. The first kappa shape index (κ1) is 14.8. The number of carbonyl (C=O) groups is 2. The maximum atomic E-state index is 12.6. The van der Waals surface area contributed by atoms with Gasteiger partial charge in [0.1, 0.15) is 6.04 Å². The standard InChI is InChI=1S/C16H26N2O3/c19-14-11-18(9-8-13-7-4-10-21-13)16(20)15(17-14)12-5-2-1-3-6-12/h12-13,15H,1-11H2,(H,17,19). The van der Waals surface area contributed by atoms with Gasteiger partial charge < -0.3 is 15.0 Å². The van der Waals surface area contributed by atoms with Gasteiger partial charge in [-0.2, -0.15) is 0 Å². The van der Waals surface area contributed by atoms with Crippen LogP contribution in [0.1, 0.15) is 51.4 Å². The maximum Gasteiger partial charge on any atom is 0.245 e. The van der Waals surface area contributed by atoms with Gasteiger partial charge in [-0.15, -0.1) is 0 Å². The number of amides is 2. The molecule has 2 saturated heterocycles. The largest absolute Gasteiger partial charge is 0.378 e. The Balaban J connectivity index is 1.57. The molecule has 2 aliphatic heterocycles. The van der Waals surface area contributed by atoms with E-state index in [-0.39, 0.29) is 30.5 Å². The SMILES string of the molecule is O=C1CN(CCC2CCCO2)C(=O)C(C2CCCCC2)N1. The summed E-state index contributed by atoms with van der Waals surface area (Å²) in [7, 11) is 0. The van der Waals surface area contributed by atoms with Crippen LogP contribution in [0.5, 0.6) is 0 Å². The third kappa shape index (κ3) is 3.57. The molecule has 2 heterocycles. The number of ether oxygens (including phenoxy) is 1. The van der Waals surface area contributed by atoms with Crippen molar-refractivity contribution in [2.24, 2.45) is 5.92 Å². The van der Waals surface area contributed by atoms with Gasteiger partial charge >= 0.3 is 0 Å². The molecule has 0 radical (unpaired) electrons.